The van der Waals surface area contributed by atoms with E-state index in [4.69, 9.17) is 4.74 Å². The average molecular weight is 301 g/mol. The van der Waals surface area contributed by atoms with Crippen molar-refractivity contribution in [2.75, 3.05) is 6.61 Å². The van der Waals surface area contributed by atoms with Gasteiger partial charge in [-0.05, 0) is 48.2 Å². The number of benzene rings is 2. The maximum absolute atomic E-state index is 12.9. The van der Waals surface area contributed by atoms with Gasteiger partial charge in [-0.25, -0.2) is 4.39 Å². The molecule has 1 atom stereocenters. The Morgan fingerprint density at radius 3 is 2.18 bits per heavy atom. The molecule has 3 heteroatoms. The van der Waals surface area contributed by atoms with Crippen LogP contribution in [0.3, 0.4) is 0 Å². The Hall–Kier alpha value is -1.87. The topological polar surface area (TPSA) is 21.3 Å². The van der Waals surface area contributed by atoms with Crippen molar-refractivity contribution in [3.05, 3.63) is 65.5 Å². The second kappa shape index (κ2) is 7.95. The van der Waals surface area contributed by atoms with E-state index in [0.717, 1.165) is 17.9 Å². The van der Waals surface area contributed by atoms with E-state index in [2.05, 4.69) is 38.2 Å². The number of nitrogens with one attached hydrogen (secondary N) is 1. The molecular weight excluding hydrogens is 277 g/mol. The van der Waals surface area contributed by atoms with Crippen LogP contribution in [0.4, 0.5) is 4.39 Å². The molecule has 2 aromatic rings. The van der Waals surface area contributed by atoms with E-state index in [0.29, 0.717) is 12.5 Å². The van der Waals surface area contributed by atoms with Crippen molar-refractivity contribution in [1.82, 2.24) is 5.32 Å². The molecule has 0 saturated heterocycles. The van der Waals surface area contributed by atoms with Gasteiger partial charge in [-0.1, -0.05) is 38.1 Å². The summed E-state index contributed by atoms with van der Waals surface area (Å²) in [4.78, 5) is 0. The summed E-state index contributed by atoms with van der Waals surface area (Å²) in [6.45, 7) is 7.84. The van der Waals surface area contributed by atoms with E-state index in [1.807, 2.05) is 12.1 Å². The van der Waals surface area contributed by atoms with Crippen molar-refractivity contribution in [2.45, 2.75) is 33.4 Å². The average Bonchev–Trinajstić information content (AvgIpc) is 2.52. The molecule has 0 radical (unpaired) electrons. The highest BCUT2D eigenvalue weighted by atomic mass is 19.1. The summed E-state index contributed by atoms with van der Waals surface area (Å²) >= 11 is 0. The van der Waals surface area contributed by atoms with Crippen molar-refractivity contribution in [1.29, 1.82) is 0 Å². The van der Waals surface area contributed by atoms with Gasteiger partial charge >= 0.3 is 0 Å². The number of hydrogen-bond acceptors (Lipinski definition) is 2. The van der Waals surface area contributed by atoms with Crippen LogP contribution in [0.5, 0.6) is 5.75 Å². The van der Waals surface area contributed by atoms with Gasteiger partial charge in [0, 0.05) is 12.6 Å². The zero-order valence-corrected chi connectivity index (χ0v) is 13.5. The fraction of sp³-hybridized carbons (Fsp3) is 0.368. The lowest BCUT2D eigenvalue weighted by molar-refractivity contribution is 0.271. The summed E-state index contributed by atoms with van der Waals surface area (Å²) in [5, 5.41) is 3.44. The van der Waals surface area contributed by atoms with Gasteiger partial charge in [-0.2, -0.15) is 0 Å². The zero-order chi connectivity index (χ0) is 15.9. The van der Waals surface area contributed by atoms with Crippen molar-refractivity contribution < 1.29 is 9.13 Å². The predicted octanol–water partition coefficient (Wildman–Crippen LogP) is 4.71. The standard InChI is InChI=1S/C19H24FNO/c1-14(2)13-22-19-10-6-17(7-11-19)15(3)21-12-16-4-8-18(20)9-5-16/h4-11,14-15,21H,12-13H2,1-3H3. The molecule has 1 unspecified atom stereocenters. The second-order valence-electron chi connectivity index (χ2n) is 6.00. The molecule has 0 aliphatic carbocycles. The summed E-state index contributed by atoms with van der Waals surface area (Å²) in [6.07, 6.45) is 0. The van der Waals surface area contributed by atoms with Gasteiger partial charge in [0.25, 0.3) is 0 Å². The van der Waals surface area contributed by atoms with Crippen molar-refractivity contribution in [3.8, 4) is 5.75 Å². The van der Waals surface area contributed by atoms with E-state index in [-0.39, 0.29) is 11.9 Å². The van der Waals surface area contributed by atoms with Crippen molar-refractivity contribution >= 4 is 0 Å². The van der Waals surface area contributed by atoms with Crippen LogP contribution in [0.15, 0.2) is 48.5 Å². The molecule has 0 aromatic heterocycles. The first-order valence-corrected chi connectivity index (χ1v) is 7.75. The Bertz CT molecular complexity index is 563. The third kappa shape index (κ3) is 5.15. The molecule has 0 spiro atoms. The second-order valence-corrected chi connectivity index (χ2v) is 6.00. The molecule has 2 nitrogen and oxygen atoms in total. The molecule has 0 fully saturated rings. The lowest BCUT2D eigenvalue weighted by atomic mass is 10.1. The van der Waals surface area contributed by atoms with Crippen LogP contribution in [-0.2, 0) is 6.54 Å². The molecule has 0 aliphatic heterocycles. The Kier molecular flexibility index (Phi) is 5.96. The molecule has 22 heavy (non-hydrogen) atoms. The van der Waals surface area contributed by atoms with Gasteiger partial charge in [0.05, 0.1) is 6.61 Å². The smallest absolute Gasteiger partial charge is 0.123 e. The quantitative estimate of drug-likeness (QED) is 0.799. The fourth-order valence-electron chi connectivity index (χ4n) is 2.11. The minimum atomic E-state index is -0.200. The summed E-state index contributed by atoms with van der Waals surface area (Å²) in [6, 6.07) is 15.0. The number of rotatable bonds is 7. The third-order valence-electron chi connectivity index (χ3n) is 3.49. The summed E-state index contributed by atoms with van der Waals surface area (Å²) < 4.78 is 18.6. The normalized spacial score (nSPS) is 12.4. The Balaban J connectivity index is 1.86. The lowest BCUT2D eigenvalue weighted by Crippen LogP contribution is -2.18. The minimum Gasteiger partial charge on any atom is -0.493 e. The van der Waals surface area contributed by atoms with E-state index >= 15 is 0 Å². The largest absolute Gasteiger partial charge is 0.493 e. The molecule has 1 N–H and O–H groups in total. The first-order valence-electron chi connectivity index (χ1n) is 7.75. The van der Waals surface area contributed by atoms with E-state index in [1.165, 1.54) is 17.7 Å². The molecule has 118 valence electrons. The SMILES string of the molecule is CC(C)COc1ccc(C(C)NCc2ccc(F)cc2)cc1. The third-order valence-corrected chi connectivity index (χ3v) is 3.49. The van der Waals surface area contributed by atoms with Crippen LogP contribution in [0.25, 0.3) is 0 Å². The molecule has 0 amide bonds. The predicted molar refractivity (Wildman–Crippen MR) is 88.4 cm³/mol. The monoisotopic (exact) mass is 301 g/mol. The highest BCUT2D eigenvalue weighted by Gasteiger charge is 2.06. The fourth-order valence-corrected chi connectivity index (χ4v) is 2.11. The molecule has 0 bridgehead atoms. The molecule has 2 rings (SSSR count). The first kappa shape index (κ1) is 16.5. The van der Waals surface area contributed by atoms with Crippen LogP contribution < -0.4 is 10.1 Å². The van der Waals surface area contributed by atoms with Crippen LogP contribution in [-0.4, -0.2) is 6.61 Å². The van der Waals surface area contributed by atoms with E-state index in [9.17, 15) is 4.39 Å². The van der Waals surface area contributed by atoms with Crippen LogP contribution in [0.2, 0.25) is 0 Å². The summed E-state index contributed by atoms with van der Waals surface area (Å²) in [7, 11) is 0. The Labute approximate surface area is 132 Å². The number of hydrogen-bond donors (Lipinski definition) is 1. The van der Waals surface area contributed by atoms with Gasteiger partial charge in [-0.15, -0.1) is 0 Å². The molecular formula is C19H24FNO. The maximum Gasteiger partial charge on any atom is 0.123 e. The van der Waals surface area contributed by atoms with Crippen LogP contribution >= 0.6 is 0 Å². The van der Waals surface area contributed by atoms with Gasteiger partial charge in [0.15, 0.2) is 0 Å². The molecule has 2 aromatic carbocycles. The number of halogens is 1. The zero-order valence-electron chi connectivity index (χ0n) is 13.5. The summed E-state index contributed by atoms with van der Waals surface area (Å²) in [5.74, 6) is 1.23. The van der Waals surface area contributed by atoms with Crippen LogP contribution in [0.1, 0.15) is 37.9 Å². The van der Waals surface area contributed by atoms with Gasteiger partial charge in [-0.3, -0.25) is 0 Å². The Morgan fingerprint density at radius 2 is 1.59 bits per heavy atom. The van der Waals surface area contributed by atoms with Gasteiger partial charge < -0.3 is 10.1 Å². The highest BCUT2D eigenvalue weighted by Crippen LogP contribution is 2.18. The maximum atomic E-state index is 12.9. The van der Waals surface area contributed by atoms with Crippen molar-refractivity contribution in [2.24, 2.45) is 5.92 Å². The van der Waals surface area contributed by atoms with E-state index < -0.39 is 0 Å². The van der Waals surface area contributed by atoms with E-state index in [1.54, 1.807) is 12.1 Å². The Morgan fingerprint density at radius 1 is 0.955 bits per heavy atom. The highest BCUT2D eigenvalue weighted by molar-refractivity contribution is 5.29. The van der Waals surface area contributed by atoms with Crippen molar-refractivity contribution in [3.63, 3.8) is 0 Å². The van der Waals surface area contributed by atoms with Gasteiger partial charge in [0.1, 0.15) is 11.6 Å². The first-order chi connectivity index (χ1) is 10.5. The summed E-state index contributed by atoms with van der Waals surface area (Å²) in [5.41, 5.74) is 2.28. The molecule has 0 heterocycles. The lowest BCUT2D eigenvalue weighted by Gasteiger charge is -2.15. The molecule has 0 aliphatic rings. The van der Waals surface area contributed by atoms with Crippen LogP contribution in [0, 0.1) is 11.7 Å². The number of ether oxygens (including phenoxy) is 1. The van der Waals surface area contributed by atoms with Gasteiger partial charge in [0.2, 0.25) is 0 Å². The molecule has 0 saturated carbocycles. The minimum absolute atomic E-state index is 0.200.